The minimum Gasteiger partial charge on any atom is -0.349 e. The molecule has 2 aliphatic rings. The highest BCUT2D eigenvalue weighted by molar-refractivity contribution is 6.35. The van der Waals surface area contributed by atoms with Gasteiger partial charge in [0.15, 0.2) is 0 Å². The summed E-state index contributed by atoms with van der Waals surface area (Å²) in [6.45, 7) is 2.12. The van der Waals surface area contributed by atoms with Gasteiger partial charge in [-0.05, 0) is 44.0 Å². The third-order valence-electron chi connectivity index (χ3n) is 5.51. The lowest BCUT2D eigenvalue weighted by Crippen LogP contribution is -2.38. The van der Waals surface area contributed by atoms with Gasteiger partial charge in [-0.2, -0.15) is 0 Å². The summed E-state index contributed by atoms with van der Waals surface area (Å²) in [7, 11) is 0. The molecule has 1 aliphatic carbocycles. The van der Waals surface area contributed by atoms with E-state index in [1.165, 1.54) is 43.4 Å². The highest BCUT2D eigenvalue weighted by Gasteiger charge is 2.35. The highest BCUT2D eigenvalue weighted by atomic mass is 35.5. The van der Waals surface area contributed by atoms with E-state index in [1.54, 1.807) is 0 Å². The van der Waals surface area contributed by atoms with Crippen molar-refractivity contribution >= 4 is 28.9 Å². The Balaban J connectivity index is 1.73. The number of hydrogen-bond acceptors (Lipinski definition) is 2. The zero-order valence-corrected chi connectivity index (χ0v) is 16.5. The maximum Gasteiger partial charge on any atom is 0.133 e. The number of benzene rings is 2. The van der Waals surface area contributed by atoms with Crippen molar-refractivity contribution in [2.75, 3.05) is 4.90 Å². The molecule has 0 amide bonds. The Bertz CT molecular complexity index is 794. The first-order valence-corrected chi connectivity index (χ1v) is 10.1. The monoisotopic (exact) mass is 386 g/mol. The summed E-state index contributed by atoms with van der Waals surface area (Å²) >= 11 is 12.8. The van der Waals surface area contributed by atoms with Crippen molar-refractivity contribution in [2.45, 2.75) is 51.2 Å². The van der Waals surface area contributed by atoms with Crippen LogP contribution in [0, 0.1) is 6.92 Å². The van der Waals surface area contributed by atoms with Gasteiger partial charge in [0.1, 0.15) is 6.17 Å². The summed E-state index contributed by atoms with van der Waals surface area (Å²) in [5.41, 5.74) is 3.55. The molecular weight excluding hydrogens is 363 g/mol. The molecule has 26 heavy (non-hydrogen) atoms. The van der Waals surface area contributed by atoms with Crippen molar-refractivity contribution in [1.29, 1.82) is 0 Å². The van der Waals surface area contributed by atoms with Crippen molar-refractivity contribution in [1.82, 2.24) is 4.90 Å². The van der Waals surface area contributed by atoms with E-state index in [-0.39, 0.29) is 6.17 Å². The Labute approximate surface area is 166 Å². The summed E-state index contributed by atoms with van der Waals surface area (Å²) in [6, 6.07) is 15.1. The lowest BCUT2D eigenvalue weighted by molar-refractivity contribution is 0.179. The molecule has 0 radical (unpaired) electrons. The van der Waals surface area contributed by atoms with Crippen molar-refractivity contribution in [3.05, 3.63) is 76.0 Å². The second kappa shape index (κ2) is 7.54. The Hall–Kier alpha value is -1.64. The number of halogens is 2. The smallest absolute Gasteiger partial charge is 0.133 e. The van der Waals surface area contributed by atoms with Crippen molar-refractivity contribution in [3.8, 4) is 0 Å². The molecule has 0 saturated heterocycles. The maximum absolute atomic E-state index is 6.63. The Morgan fingerprint density at radius 1 is 0.885 bits per heavy atom. The van der Waals surface area contributed by atoms with Gasteiger partial charge in [0, 0.05) is 39.7 Å². The molecule has 1 aliphatic heterocycles. The fraction of sp³-hybridized carbons (Fsp3) is 0.364. The second-order valence-corrected chi connectivity index (χ2v) is 8.16. The van der Waals surface area contributed by atoms with Crippen LogP contribution in [0.1, 0.15) is 49.4 Å². The van der Waals surface area contributed by atoms with Gasteiger partial charge in [-0.25, -0.2) is 0 Å². The van der Waals surface area contributed by atoms with Gasteiger partial charge in [0.05, 0.1) is 0 Å². The predicted octanol–water partition coefficient (Wildman–Crippen LogP) is 6.93. The van der Waals surface area contributed by atoms with Crippen LogP contribution in [0.2, 0.25) is 10.0 Å². The van der Waals surface area contributed by atoms with Gasteiger partial charge in [0.25, 0.3) is 0 Å². The van der Waals surface area contributed by atoms with E-state index < -0.39 is 0 Å². The molecule has 1 heterocycles. The van der Waals surface area contributed by atoms with Crippen LogP contribution in [0.25, 0.3) is 0 Å². The summed E-state index contributed by atoms with van der Waals surface area (Å²) in [5.74, 6) is 0. The molecule has 0 spiro atoms. The van der Waals surface area contributed by atoms with Gasteiger partial charge >= 0.3 is 0 Å². The molecule has 1 fully saturated rings. The van der Waals surface area contributed by atoms with Crippen LogP contribution in [0.3, 0.4) is 0 Å². The second-order valence-electron chi connectivity index (χ2n) is 7.32. The summed E-state index contributed by atoms with van der Waals surface area (Å²) in [4.78, 5) is 4.82. The normalized spacial score (nSPS) is 20.8. The molecule has 0 N–H and O–H groups in total. The van der Waals surface area contributed by atoms with Crippen LogP contribution >= 0.6 is 23.2 Å². The molecular formula is C22H24Cl2N2. The molecule has 2 aromatic rings. The number of rotatable bonds is 3. The van der Waals surface area contributed by atoms with E-state index in [2.05, 4.69) is 59.5 Å². The van der Waals surface area contributed by atoms with E-state index in [0.717, 1.165) is 10.6 Å². The van der Waals surface area contributed by atoms with Gasteiger partial charge < -0.3 is 9.80 Å². The Kier molecular flexibility index (Phi) is 5.15. The van der Waals surface area contributed by atoms with Crippen LogP contribution in [-0.4, -0.2) is 10.9 Å². The van der Waals surface area contributed by atoms with Crippen molar-refractivity contribution < 1.29 is 0 Å². The summed E-state index contributed by atoms with van der Waals surface area (Å²) in [6.07, 6.45) is 11.0. The first kappa shape index (κ1) is 17.8. The van der Waals surface area contributed by atoms with Crippen molar-refractivity contribution in [2.24, 2.45) is 0 Å². The maximum atomic E-state index is 6.63. The molecule has 0 aromatic heterocycles. The lowest BCUT2D eigenvalue weighted by Gasteiger charge is -2.40. The van der Waals surface area contributed by atoms with Crippen LogP contribution < -0.4 is 4.90 Å². The Morgan fingerprint density at radius 3 is 2.31 bits per heavy atom. The average Bonchev–Trinajstić information content (AvgIpc) is 3.08. The largest absolute Gasteiger partial charge is 0.349 e. The van der Waals surface area contributed by atoms with Gasteiger partial charge in [0.2, 0.25) is 0 Å². The fourth-order valence-electron chi connectivity index (χ4n) is 4.12. The number of aryl methyl sites for hydroxylation is 1. The van der Waals surface area contributed by atoms with Crippen molar-refractivity contribution in [3.63, 3.8) is 0 Å². The summed E-state index contributed by atoms with van der Waals surface area (Å²) < 4.78 is 0. The molecule has 2 nitrogen and oxygen atoms in total. The zero-order valence-electron chi connectivity index (χ0n) is 15.0. The van der Waals surface area contributed by atoms with E-state index in [9.17, 15) is 0 Å². The first-order chi connectivity index (χ1) is 12.6. The van der Waals surface area contributed by atoms with Gasteiger partial charge in [-0.15, -0.1) is 0 Å². The SMILES string of the molecule is Cc1ccc(N2C=CN(C3CCCCC3)C2c2ccc(Cl)cc2Cl)cc1. The molecule has 0 bridgehead atoms. The van der Waals surface area contributed by atoms with E-state index in [1.807, 2.05) is 12.1 Å². The number of hydrogen-bond donors (Lipinski definition) is 0. The van der Waals surface area contributed by atoms with Crippen LogP contribution in [0.4, 0.5) is 5.69 Å². The molecule has 2 aromatic carbocycles. The van der Waals surface area contributed by atoms with Gasteiger partial charge in [-0.1, -0.05) is 66.2 Å². The summed E-state index contributed by atoms with van der Waals surface area (Å²) in [5, 5.41) is 1.40. The molecule has 1 saturated carbocycles. The zero-order chi connectivity index (χ0) is 18.1. The fourth-order valence-corrected chi connectivity index (χ4v) is 4.63. The van der Waals surface area contributed by atoms with Gasteiger partial charge in [-0.3, -0.25) is 0 Å². The highest BCUT2D eigenvalue weighted by Crippen LogP contribution is 2.42. The molecule has 1 atom stereocenters. The Morgan fingerprint density at radius 2 is 1.62 bits per heavy atom. The first-order valence-electron chi connectivity index (χ1n) is 9.39. The third-order valence-corrected chi connectivity index (χ3v) is 6.08. The van der Waals surface area contributed by atoms with Crippen LogP contribution in [-0.2, 0) is 0 Å². The molecule has 1 unspecified atom stereocenters. The predicted molar refractivity (Wildman–Crippen MR) is 111 cm³/mol. The molecule has 136 valence electrons. The average molecular weight is 387 g/mol. The molecule has 4 heteroatoms. The topological polar surface area (TPSA) is 6.48 Å². The standard InChI is InChI=1S/C22H24Cl2N2/c1-16-7-10-19(11-8-16)26-14-13-25(18-5-3-2-4-6-18)22(26)20-12-9-17(23)15-21(20)24/h7-15,18,22H,2-6H2,1H3. The van der Waals surface area contributed by atoms with Crippen LogP contribution in [0.5, 0.6) is 0 Å². The minimum absolute atomic E-state index is 0.0746. The lowest BCUT2D eigenvalue weighted by atomic mass is 9.93. The number of nitrogens with zero attached hydrogens (tertiary/aromatic N) is 2. The third kappa shape index (κ3) is 3.45. The van der Waals surface area contributed by atoms with E-state index >= 15 is 0 Å². The number of anilines is 1. The van der Waals surface area contributed by atoms with Crippen LogP contribution in [0.15, 0.2) is 54.9 Å². The minimum atomic E-state index is 0.0746. The van der Waals surface area contributed by atoms with E-state index in [4.69, 9.17) is 23.2 Å². The quantitative estimate of drug-likeness (QED) is 0.564. The van der Waals surface area contributed by atoms with E-state index in [0.29, 0.717) is 11.1 Å². The molecule has 4 rings (SSSR count).